The molecule has 1 N–H and O–H groups in total. The normalized spacial score (nSPS) is 21.0. The molecule has 0 radical (unpaired) electrons. The van der Waals surface area contributed by atoms with E-state index < -0.39 is 5.92 Å². The van der Waals surface area contributed by atoms with Crippen molar-refractivity contribution in [2.75, 3.05) is 19.0 Å². The Bertz CT molecular complexity index is 1130. The number of benzene rings is 2. The van der Waals surface area contributed by atoms with E-state index in [9.17, 15) is 9.59 Å². The average molecular weight is 459 g/mol. The van der Waals surface area contributed by atoms with E-state index >= 15 is 0 Å². The first-order valence-corrected chi connectivity index (χ1v) is 12.1. The summed E-state index contributed by atoms with van der Waals surface area (Å²) in [5.41, 5.74) is 6.07. The van der Waals surface area contributed by atoms with Crippen LogP contribution in [-0.4, -0.2) is 32.0 Å². The molecule has 3 atom stereocenters. The molecule has 2 aromatic carbocycles. The molecule has 5 nitrogen and oxygen atoms in total. The number of dihydropyridines is 1. The first-order chi connectivity index (χ1) is 16.3. The molecular formula is C29H34N2O3. The summed E-state index contributed by atoms with van der Waals surface area (Å²) in [5.74, 6) is -0.581. The van der Waals surface area contributed by atoms with Gasteiger partial charge in [0.15, 0.2) is 5.78 Å². The largest absolute Gasteiger partial charge is 0.459 e. The Hall–Kier alpha value is -3.34. The van der Waals surface area contributed by atoms with Gasteiger partial charge >= 0.3 is 5.97 Å². The Balaban J connectivity index is 1.78. The minimum atomic E-state index is -0.437. The van der Waals surface area contributed by atoms with Crippen LogP contribution in [0, 0.1) is 0 Å². The number of hydrogen-bond donors (Lipinski definition) is 1. The number of esters is 1. The number of rotatable bonds is 6. The van der Waals surface area contributed by atoms with E-state index in [0.29, 0.717) is 17.6 Å². The van der Waals surface area contributed by atoms with Gasteiger partial charge in [0.2, 0.25) is 0 Å². The molecule has 1 heterocycles. The van der Waals surface area contributed by atoms with Gasteiger partial charge in [-0.15, -0.1) is 0 Å². The van der Waals surface area contributed by atoms with Gasteiger partial charge in [-0.2, -0.15) is 0 Å². The number of ether oxygens (including phenoxy) is 1. The third-order valence-electron chi connectivity index (χ3n) is 6.94. The van der Waals surface area contributed by atoms with Crippen LogP contribution in [0.2, 0.25) is 0 Å². The monoisotopic (exact) mass is 458 g/mol. The fourth-order valence-corrected chi connectivity index (χ4v) is 4.90. The zero-order valence-electron chi connectivity index (χ0n) is 20.7. The highest BCUT2D eigenvalue weighted by molar-refractivity contribution is 6.04. The summed E-state index contributed by atoms with van der Waals surface area (Å²) in [6.45, 7) is 5.80. The molecular weight excluding hydrogens is 424 g/mol. The average Bonchev–Trinajstić information content (AvgIpc) is 2.83. The minimum Gasteiger partial charge on any atom is -0.459 e. The smallest absolute Gasteiger partial charge is 0.337 e. The number of carbonyl (C=O) groups excluding carboxylic acids is 2. The molecule has 0 unspecified atom stereocenters. The van der Waals surface area contributed by atoms with Crippen molar-refractivity contribution in [1.82, 2.24) is 5.32 Å². The van der Waals surface area contributed by atoms with Crippen molar-refractivity contribution in [2.24, 2.45) is 0 Å². The topological polar surface area (TPSA) is 58.6 Å². The van der Waals surface area contributed by atoms with Gasteiger partial charge in [0, 0.05) is 49.1 Å². The van der Waals surface area contributed by atoms with Crippen molar-refractivity contribution < 1.29 is 14.3 Å². The summed E-state index contributed by atoms with van der Waals surface area (Å²) in [7, 11) is 3.99. The lowest BCUT2D eigenvalue weighted by atomic mass is 9.71. The van der Waals surface area contributed by atoms with E-state index in [4.69, 9.17) is 4.74 Å². The number of Topliss-reactive ketones (excluding diaryl/α,β-unsaturated/α-hetero) is 1. The molecule has 0 bridgehead atoms. The van der Waals surface area contributed by atoms with Gasteiger partial charge in [-0.1, -0.05) is 49.4 Å². The molecule has 1 aliphatic heterocycles. The number of hydrogen-bond acceptors (Lipinski definition) is 5. The Labute approximate surface area is 202 Å². The van der Waals surface area contributed by atoms with E-state index in [1.165, 1.54) is 5.56 Å². The van der Waals surface area contributed by atoms with Gasteiger partial charge in [-0.25, -0.2) is 4.79 Å². The van der Waals surface area contributed by atoms with E-state index in [2.05, 4.69) is 17.4 Å². The van der Waals surface area contributed by atoms with E-state index in [0.717, 1.165) is 35.5 Å². The maximum absolute atomic E-state index is 13.6. The van der Waals surface area contributed by atoms with E-state index in [-0.39, 0.29) is 23.8 Å². The van der Waals surface area contributed by atoms with Crippen molar-refractivity contribution in [2.45, 2.75) is 58.0 Å². The molecule has 4 rings (SSSR count). The van der Waals surface area contributed by atoms with Gasteiger partial charge in [-0.05, 0) is 55.9 Å². The third kappa shape index (κ3) is 4.65. The van der Waals surface area contributed by atoms with Gasteiger partial charge in [0.1, 0.15) is 0 Å². The lowest BCUT2D eigenvalue weighted by Gasteiger charge is -2.37. The van der Waals surface area contributed by atoms with E-state index in [1.54, 1.807) is 0 Å². The van der Waals surface area contributed by atoms with E-state index in [1.807, 2.05) is 82.2 Å². The fourth-order valence-electron chi connectivity index (χ4n) is 4.90. The lowest BCUT2D eigenvalue weighted by molar-refractivity contribution is -0.144. The highest BCUT2D eigenvalue weighted by Gasteiger charge is 2.41. The van der Waals surface area contributed by atoms with Crippen molar-refractivity contribution in [3.05, 3.63) is 88.3 Å². The summed E-state index contributed by atoms with van der Waals surface area (Å²) in [5, 5.41) is 3.43. The summed E-state index contributed by atoms with van der Waals surface area (Å²) >= 11 is 0. The predicted octanol–water partition coefficient (Wildman–Crippen LogP) is 5.46. The molecule has 0 spiro atoms. The Morgan fingerprint density at radius 2 is 1.74 bits per heavy atom. The number of nitrogens with zero attached hydrogens (tertiary/aromatic N) is 1. The molecule has 178 valence electrons. The van der Waals surface area contributed by atoms with Crippen molar-refractivity contribution in [3.63, 3.8) is 0 Å². The second-order valence-electron chi connectivity index (χ2n) is 9.54. The quantitative estimate of drug-likeness (QED) is 0.583. The fraction of sp³-hybridized carbons (Fsp3) is 0.379. The molecule has 0 amide bonds. The standard InChI is InChI=1S/C29H34N2O3/c1-6-18(2)34-29(33)26-19(3)30-24-16-22(20-10-8-7-9-11-20)17-25(32)28(24)27(26)21-12-14-23(15-13-21)31(4)5/h7-15,18,22,27,30H,6,16-17H2,1-5H3/t18-,22+,27+/m0/s1. The van der Waals surface area contributed by atoms with Crippen molar-refractivity contribution in [1.29, 1.82) is 0 Å². The van der Waals surface area contributed by atoms with Crippen LogP contribution in [0.5, 0.6) is 0 Å². The summed E-state index contributed by atoms with van der Waals surface area (Å²) in [4.78, 5) is 29.0. The molecule has 34 heavy (non-hydrogen) atoms. The first kappa shape index (κ1) is 23.8. The second-order valence-corrected chi connectivity index (χ2v) is 9.54. The summed E-state index contributed by atoms with van der Waals surface area (Å²) in [6.07, 6.45) is 1.72. The number of carbonyl (C=O) groups is 2. The molecule has 5 heteroatoms. The number of allylic oxidation sites excluding steroid dienone is 3. The van der Waals surface area contributed by atoms with Crippen LogP contribution in [0.1, 0.15) is 63.0 Å². The lowest BCUT2D eigenvalue weighted by Crippen LogP contribution is -2.36. The molecule has 0 aromatic heterocycles. The van der Waals surface area contributed by atoms with Gasteiger partial charge in [-0.3, -0.25) is 4.79 Å². The minimum absolute atomic E-state index is 0.0885. The van der Waals surface area contributed by atoms with Crippen LogP contribution >= 0.6 is 0 Å². The van der Waals surface area contributed by atoms with Gasteiger partial charge < -0.3 is 15.0 Å². The molecule has 2 aliphatic rings. The van der Waals surface area contributed by atoms with Gasteiger partial charge in [0.25, 0.3) is 0 Å². The highest BCUT2D eigenvalue weighted by atomic mass is 16.5. The summed E-state index contributed by atoms with van der Waals surface area (Å²) in [6, 6.07) is 18.3. The SMILES string of the molecule is CC[C@H](C)OC(=O)C1=C(C)NC2=C(C(=O)C[C@H](c3ccccc3)C2)[C@@H]1c1ccc(N(C)C)cc1. The molecule has 2 aromatic rings. The molecule has 0 fully saturated rings. The van der Waals surface area contributed by atoms with Crippen LogP contribution in [0.25, 0.3) is 0 Å². The van der Waals surface area contributed by atoms with Crippen LogP contribution in [0.15, 0.2) is 77.1 Å². The number of nitrogens with one attached hydrogen (secondary N) is 1. The van der Waals surface area contributed by atoms with Gasteiger partial charge in [0.05, 0.1) is 11.7 Å². The zero-order chi connectivity index (χ0) is 24.4. The van der Waals surface area contributed by atoms with Crippen LogP contribution in [-0.2, 0) is 14.3 Å². The first-order valence-electron chi connectivity index (χ1n) is 12.1. The Kier molecular flexibility index (Phi) is 6.92. The molecule has 0 saturated carbocycles. The Morgan fingerprint density at radius 1 is 1.06 bits per heavy atom. The third-order valence-corrected chi connectivity index (χ3v) is 6.94. The van der Waals surface area contributed by atoms with Crippen LogP contribution < -0.4 is 10.2 Å². The van der Waals surface area contributed by atoms with Crippen molar-refractivity contribution >= 4 is 17.4 Å². The predicted molar refractivity (Wildman–Crippen MR) is 136 cm³/mol. The number of ketones is 1. The summed E-state index contributed by atoms with van der Waals surface area (Å²) < 4.78 is 5.75. The molecule has 0 saturated heterocycles. The maximum Gasteiger partial charge on any atom is 0.337 e. The maximum atomic E-state index is 13.6. The highest BCUT2D eigenvalue weighted by Crippen LogP contribution is 2.46. The van der Waals surface area contributed by atoms with Crippen molar-refractivity contribution in [3.8, 4) is 0 Å². The second kappa shape index (κ2) is 9.88. The van der Waals surface area contributed by atoms with Crippen LogP contribution in [0.4, 0.5) is 5.69 Å². The number of anilines is 1. The Morgan fingerprint density at radius 3 is 2.35 bits per heavy atom. The molecule has 1 aliphatic carbocycles. The van der Waals surface area contributed by atoms with Crippen LogP contribution in [0.3, 0.4) is 0 Å². The zero-order valence-corrected chi connectivity index (χ0v) is 20.7.